The molecule has 0 bridgehead atoms. The fraction of sp³-hybridized carbons (Fsp3) is 0.118. The Kier molecular flexibility index (Phi) is 4.77. The van der Waals surface area contributed by atoms with Gasteiger partial charge in [-0.15, -0.1) is 11.8 Å². The fourth-order valence-electron chi connectivity index (χ4n) is 2.37. The number of fused-ring (bicyclic) bond motifs is 1. The van der Waals surface area contributed by atoms with Gasteiger partial charge in [-0.2, -0.15) is 0 Å². The maximum atomic E-state index is 6.20. The molecule has 0 aliphatic rings. The lowest BCUT2D eigenvalue weighted by Crippen LogP contribution is -2.33. The van der Waals surface area contributed by atoms with Crippen LogP contribution in [0.2, 0.25) is 10.0 Å². The normalized spacial score (nSPS) is 11.0. The van der Waals surface area contributed by atoms with Crippen LogP contribution in [0.15, 0.2) is 60.3 Å². The molecule has 0 aliphatic carbocycles. The minimum Gasteiger partial charge on any atom is -0.229 e. The third kappa shape index (κ3) is 3.17. The Morgan fingerprint density at radius 1 is 1.18 bits per heavy atom. The van der Waals surface area contributed by atoms with E-state index < -0.39 is 0 Å². The molecular weight excluding hydrogens is 335 g/mol. The summed E-state index contributed by atoms with van der Waals surface area (Å²) >= 11 is 13.9. The molecule has 112 valence electrons. The minimum atomic E-state index is 0.711. The maximum absolute atomic E-state index is 6.20. The highest BCUT2D eigenvalue weighted by molar-refractivity contribution is 7.99. The number of imidazole rings is 1. The molecule has 0 amide bonds. The molecule has 3 aromatic rings. The number of hydrogen-bond acceptors (Lipinski definition) is 1. The molecule has 0 aliphatic heterocycles. The smallest absolute Gasteiger partial charge is 0.229 e. The first kappa shape index (κ1) is 15.5. The van der Waals surface area contributed by atoms with Crippen LogP contribution in [-0.4, -0.2) is 10.3 Å². The lowest BCUT2D eigenvalue weighted by molar-refractivity contribution is -0.667. The van der Waals surface area contributed by atoms with E-state index in [1.165, 1.54) is 5.52 Å². The molecule has 5 heteroatoms. The average molecular weight is 350 g/mol. The van der Waals surface area contributed by atoms with Crippen molar-refractivity contribution in [3.05, 3.63) is 65.4 Å². The number of para-hydroxylation sites is 2. The molecule has 0 fully saturated rings. The standard InChI is InChI=1S/C17H15Cl2N2S/c1-2-20-12-21(16-6-4-3-5-15(16)20)9-10-22-17-11-13(18)7-8-14(17)19/h2-8,11-12H,1,9-10H2/q+1. The van der Waals surface area contributed by atoms with Gasteiger partial charge in [0.05, 0.1) is 17.8 Å². The summed E-state index contributed by atoms with van der Waals surface area (Å²) in [5.74, 6) is 0.913. The van der Waals surface area contributed by atoms with Crippen molar-refractivity contribution in [2.45, 2.75) is 11.4 Å². The van der Waals surface area contributed by atoms with Gasteiger partial charge in [-0.1, -0.05) is 41.9 Å². The van der Waals surface area contributed by atoms with Gasteiger partial charge in [-0.3, -0.25) is 0 Å². The Balaban J connectivity index is 1.77. The Labute approximate surface area is 144 Å². The van der Waals surface area contributed by atoms with Crippen LogP contribution >= 0.6 is 35.0 Å². The maximum Gasteiger partial charge on any atom is 0.249 e. The Morgan fingerprint density at radius 2 is 2.00 bits per heavy atom. The lowest BCUT2D eigenvalue weighted by atomic mass is 10.3. The highest BCUT2D eigenvalue weighted by atomic mass is 35.5. The zero-order chi connectivity index (χ0) is 15.5. The van der Waals surface area contributed by atoms with Gasteiger partial charge in [0.15, 0.2) is 11.0 Å². The number of nitrogens with zero attached hydrogens (tertiary/aromatic N) is 2. The number of hydrogen-bond donors (Lipinski definition) is 0. The zero-order valence-corrected chi connectivity index (χ0v) is 14.2. The molecule has 2 nitrogen and oxygen atoms in total. The SMILES string of the molecule is C=Cn1c[n+](CCSc2cc(Cl)ccc2Cl)c2ccccc21. The van der Waals surface area contributed by atoms with Gasteiger partial charge >= 0.3 is 0 Å². The van der Waals surface area contributed by atoms with Crippen molar-refractivity contribution in [1.29, 1.82) is 0 Å². The second kappa shape index (κ2) is 6.78. The summed E-state index contributed by atoms with van der Waals surface area (Å²) in [5.41, 5.74) is 2.35. The first-order valence-corrected chi connectivity index (χ1v) is 8.62. The van der Waals surface area contributed by atoms with Gasteiger partial charge in [0.1, 0.15) is 0 Å². The van der Waals surface area contributed by atoms with Crippen molar-refractivity contribution >= 4 is 52.2 Å². The molecule has 3 rings (SSSR count). The Morgan fingerprint density at radius 3 is 2.82 bits per heavy atom. The molecule has 0 unspecified atom stereocenters. The molecule has 0 spiro atoms. The second-order valence-electron chi connectivity index (χ2n) is 4.81. The average Bonchev–Trinajstić information content (AvgIpc) is 2.89. The van der Waals surface area contributed by atoms with E-state index in [1.54, 1.807) is 17.8 Å². The summed E-state index contributed by atoms with van der Waals surface area (Å²) in [6.07, 6.45) is 3.89. The molecule has 2 aromatic carbocycles. The van der Waals surface area contributed by atoms with Crippen LogP contribution in [0.3, 0.4) is 0 Å². The predicted molar refractivity (Wildman–Crippen MR) is 95.7 cm³/mol. The molecular formula is C17H15Cl2N2S+. The van der Waals surface area contributed by atoms with Crippen LogP contribution < -0.4 is 4.57 Å². The number of benzene rings is 2. The third-order valence-electron chi connectivity index (χ3n) is 3.41. The van der Waals surface area contributed by atoms with Crippen LogP contribution in [0.25, 0.3) is 17.2 Å². The monoisotopic (exact) mass is 349 g/mol. The van der Waals surface area contributed by atoms with Gasteiger partial charge in [0.25, 0.3) is 0 Å². The first-order chi connectivity index (χ1) is 10.7. The van der Waals surface area contributed by atoms with Gasteiger partial charge in [0, 0.05) is 15.7 Å². The van der Waals surface area contributed by atoms with E-state index in [4.69, 9.17) is 23.2 Å². The third-order valence-corrected chi connectivity index (χ3v) is 5.13. The molecule has 0 atom stereocenters. The second-order valence-corrected chi connectivity index (χ2v) is 6.79. The van der Waals surface area contributed by atoms with E-state index in [2.05, 4.69) is 29.6 Å². The van der Waals surface area contributed by atoms with Gasteiger partial charge in [-0.25, -0.2) is 9.13 Å². The van der Waals surface area contributed by atoms with Crippen molar-refractivity contribution in [1.82, 2.24) is 4.57 Å². The molecule has 1 aromatic heterocycles. The van der Waals surface area contributed by atoms with E-state index >= 15 is 0 Å². The van der Waals surface area contributed by atoms with Crippen LogP contribution in [0.4, 0.5) is 0 Å². The van der Waals surface area contributed by atoms with Gasteiger partial charge in [0.2, 0.25) is 6.33 Å². The topological polar surface area (TPSA) is 8.81 Å². The zero-order valence-electron chi connectivity index (χ0n) is 11.9. The number of thioether (sulfide) groups is 1. The van der Waals surface area contributed by atoms with Crippen LogP contribution in [0.1, 0.15) is 0 Å². The minimum absolute atomic E-state index is 0.711. The van der Waals surface area contributed by atoms with Crippen LogP contribution in [0, 0.1) is 0 Å². The molecule has 0 saturated heterocycles. The number of aromatic nitrogens is 2. The highest BCUT2D eigenvalue weighted by Gasteiger charge is 2.13. The van der Waals surface area contributed by atoms with Crippen molar-refractivity contribution in [3.63, 3.8) is 0 Å². The number of halogens is 2. The van der Waals surface area contributed by atoms with E-state index in [-0.39, 0.29) is 0 Å². The Bertz CT molecular complexity index is 827. The van der Waals surface area contributed by atoms with Crippen LogP contribution in [-0.2, 0) is 6.54 Å². The lowest BCUT2D eigenvalue weighted by Gasteiger charge is -2.03. The summed E-state index contributed by atoms with van der Waals surface area (Å²) in [6.45, 7) is 4.74. The largest absolute Gasteiger partial charge is 0.249 e. The molecule has 0 saturated carbocycles. The van der Waals surface area contributed by atoms with E-state index in [1.807, 2.05) is 35.0 Å². The van der Waals surface area contributed by atoms with Crippen molar-refractivity contribution < 1.29 is 4.57 Å². The summed E-state index contributed by atoms with van der Waals surface area (Å²) in [4.78, 5) is 1.02. The summed E-state index contributed by atoms with van der Waals surface area (Å²) < 4.78 is 4.26. The van der Waals surface area contributed by atoms with Crippen molar-refractivity contribution in [3.8, 4) is 0 Å². The quantitative estimate of drug-likeness (QED) is 0.458. The van der Waals surface area contributed by atoms with Crippen molar-refractivity contribution in [2.24, 2.45) is 0 Å². The molecule has 0 N–H and O–H groups in total. The Hall–Kier alpha value is -1.42. The predicted octanol–water partition coefficient (Wildman–Crippen LogP) is 5.13. The van der Waals surface area contributed by atoms with E-state index in [9.17, 15) is 0 Å². The fourth-order valence-corrected chi connectivity index (χ4v) is 3.81. The first-order valence-electron chi connectivity index (χ1n) is 6.88. The molecule has 22 heavy (non-hydrogen) atoms. The summed E-state index contributed by atoms with van der Waals surface area (Å²) in [7, 11) is 0. The number of rotatable bonds is 5. The van der Waals surface area contributed by atoms with Gasteiger partial charge in [-0.05, 0) is 30.3 Å². The summed E-state index contributed by atoms with van der Waals surface area (Å²) in [6, 6.07) is 13.8. The highest BCUT2D eigenvalue weighted by Crippen LogP contribution is 2.29. The molecule has 1 heterocycles. The van der Waals surface area contributed by atoms with Crippen molar-refractivity contribution in [2.75, 3.05) is 5.75 Å². The summed E-state index contributed by atoms with van der Waals surface area (Å²) in [5, 5.41) is 1.45. The van der Waals surface area contributed by atoms with E-state index in [0.717, 1.165) is 27.7 Å². The van der Waals surface area contributed by atoms with E-state index in [0.29, 0.717) is 5.02 Å². The molecule has 0 radical (unpaired) electrons. The number of aryl methyl sites for hydroxylation is 1. The van der Waals surface area contributed by atoms with Crippen LogP contribution in [0.5, 0.6) is 0 Å². The van der Waals surface area contributed by atoms with Gasteiger partial charge < -0.3 is 0 Å².